The molecule has 1 aliphatic rings. The van der Waals surface area contributed by atoms with Gasteiger partial charge < -0.3 is 5.11 Å². The second kappa shape index (κ2) is 5.78. The summed E-state index contributed by atoms with van der Waals surface area (Å²) >= 11 is 0. The van der Waals surface area contributed by atoms with Gasteiger partial charge >= 0.3 is 5.97 Å². The SMILES string of the molecule is O=C(O)CC1CCN(S(=O)(=O)c2ccccc2[N+](=O)[O-])C1. The van der Waals surface area contributed by atoms with E-state index in [1.165, 1.54) is 18.2 Å². The summed E-state index contributed by atoms with van der Waals surface area (Å²) in [6.07, 6.45) is 0.328. The number of carboxylic acid groups (broad SMARTS) is 1. The number of hydrogen-bond donors (Lipinski definition) is 1. The van der Waals surface area contributed by atoms with Crippen LogP contribution in [0.15, 0.2) is 29.2 Å². The van der Waals surface area contributed by atoms with E-state index < -0.39 is 26.6 Å². The van der Waals surface area contributed by atoms with E-state index in [1.807, 2.05) is 0 Å². The van der Waals surface area contributed by atoms with Crippen molar-refractivity contribution in [1.29, 1.82) is 0 Å². The molecule has 1 aromatic rings. The summed E-state index contributed by atoms with van der Waals surface area (Å²) < 4.78 is 26.0. The molecule has 8 nitrogen and oxygen atoms in total. The quantitative estimate of drug-likeness (QED) is 0.642. The first-order chi connectivity index (χ1) is 9.82. The fraction of sp³-hybridized carbons (Fsp3) is 0.417. The third kappa shape index (κ3) is 3.19. The van der Waals surface area contributed by atoms with E-state index in [9.17, 15) is 23.3 Å². The molecule has 1 saturated heterocycles. The Labute approximate surface area is 121 Å². The number of para-hydroxylation sites is 1. The van der Waals surface area contributed by atoms with Gasteiger partial charge in [0.2, 0.25) is 10.0 Å². The molecule has 114 valence electrons. The van der Waals surface area contributed by atoms with Gasteiger partial charge in [-0.1, -0.05) is 12.1 Å². The molecule has 1 heterocycles. The molecule has 0 radical (unpaired) electrons. The number of rotatable bonds is 5. The molecule has 2 rings (SSSR count). The molecule has 0 amide bonds. The lowest BCUT2D eigenvalue weighted by atomic mass is 10.1. The fourth-order valence-electron chi connectivity index (χ4n) is 2.39. The second-order valence-electron chi connectivity index (χ2n) is 4.84. The van der Waals surface area contributed by atoms with Gasteiger partial charge in [0.1, 0.15) is 0 Å². The summed E-state index contributed by atoms with van der Waals surface area (Å²) in [7, 11) is -3.98. The van der Waals surface area contributed by atoms with Gasteiger partial charge in [-0.15, -0.1) is 0 Å². The zero-order valence-electron chi connectivity index (χ0n) is 11.0. The number of carboxylic acids is 1. The van der Waals surface area contributed by atoms with Crippen LogP contribution in [0.4, 0.5) is 5.69 Å². The van der Waals surface area contributed by atoms with Crippen LogP contribution in [0.3, 0.4) is 0 Å². The third-order valence-electron chi connectivity index (χ3n) is 3.39. The average molecular weight is 314 g/mol. The van der Waals surface area contributed by atoms with Crippen LogP contribution in [0.2, 0.25) is 0 Å². The number of benzene rings is 1. The molecule has 1 aromatic carbocycles. The summed E-state index contributed by atoms with van der Waals surface area (Å²) in [4.78, 5) is 20.5. The van der Waals surface area contributed by atoms with E-state index in [0.717, 1.165) is 10.4 Å². The maximum Gasteiger partial charge on any atom is 0.303 e. The number of nitrogens with zero attached hydrogens (tertiary/aromatic N) is 2. The van der Waals surface area contributed by atoms with Crippen molar-refractivity contribution in [1.82, 2.24) is 4.31 Å². The van der Waals surface area contributed by atoms with Crippen LogP contribution >= 0.6 is 0 Å². The molecule has 1 aliphatic heterocycles. The highest BCUT2D eigenvalue weighted by atomic mass is 32.2. The van der Waals surface area contributed by atoms with E-state index in [0.29, 0.717) is 6.42 Å². The minimum absolute atomic E-state index is 0.0701. The predicted octanol–water partition coefficient (Wildman–Crippen LogP) is 1.08. The lowest BCUT2D eigenvalue weighted by molar-refractivity contribution is -0.387. The number of nitro groups is 1. The van der Waals surface area contributed by atoms with Crippen molar-refractivity contribution in [3.8, 4) is 0 Å². The Kier molecular flexibility index (Phi) is 4.24. The number of nitro benzene ring substituents is 1. The summed E-state index contributed by atoms with van der Waals surface area (Å²) in [5.41, 5.74) is -0.473. The van der Waals surface area contributed by atoms with Gasteiger partial charge in [0.05, 0.1) is 4.92 Å². The van der Waals surface area contributed by atoms with Crippen molar-refractivity contribution in [2.24, 2.45) is 5.92 Å². The first-order valence-electron chi connectivity index (χ1n) is 6.27. The monoisotopic (exact) mass is 314 g/mol. The molecule has 0 bridgehead atoms. The van der Waals surface area contributed by atoms with Gasteiger partial charge in [-0.05, 0) is 18.4 Å². The minimum atomic E-state index is -3.98. The van der Waals surface area contributed by atoms with E-state index in [1.54, 1.807) is 0 Å². The Balaban J connectivity index is 2.28. The zero-order chi connectivity index (χ0) is 15.6. The summed E-state index contributed by atoms with van der Waals surface area (Å²) in [6, 6.07) is 5.15. The number of carbonyl (C=O) groups is 1. The Bertz CT molecular complexity index is 672. The van der Waals surface area contributed by atoms with Crippen molar-refractivity contribution >= 4 is 21.7 Å². The highest BCUT2D eigenvalue weighted by molar-refractivity contribution is 7.89. The Morgan fingerprint density at radius 2 is 2.10 bits per heavy atom. The second-order valence-corrected chi connectivity index (χ2v) is 6.75. The van der Waals surface area contributed by atoms with E-state index in [2.05, 4.69) is 0 Å². The molecule has 0 aliphatic carbocycles. The van der Waals surface area contributed by atoms with Crippen molar-refractivity contribution < 1.29 is 23.2 Å². The predicted molar refractivity (Wildman–Crippen MR) is 72.2 cm³/mol. The molecule has 0 spiro atoms. The molecule has 0 saturated carbocycles. The topological polar surface area (TPSA) is 118 Å². The largest absolute Gasteiger partial charge is 0.481 e. The van der Waals surface area contributed by atoms with Crippen LogP contribution in [0.5, 0.6) is 0 Å². The van der Waals surface area contributed by atoms with E-state index in [4.69, 9.17) is 5.11 Å². The maximum absolute atomic E-state index is 12.5. The molecule has 9 heteroatoms. The molecule has 0 aromatic heterocycles. The van der Waals surface area contributed by atoms with Gasteiger partial charge in [-0.2, -0.15) is 4.31 Å². The fourth-order valence-corrected chi connectivity index (χ4v) is 4.08. The van der Waals surface area contributed by atoms with Gasteiger partial charge in [0, 0.05) is 25.6 Å². The number of hydrogen-bond acceptors (Lipinski definition) is 5. The van der Waals surface area contributed by atoms with E-state index >= 15 is 0 Å². The van der Waals surface area contributed by atoms with Crippen molar-refractivity contribution in [3.63, 3.8) is 0 Å². The van der Waals surface area contributed by atoms with Crippen molar-refractivity contribution in [2.45, 2.75) is 17.7 Å². The Morgan fingerprint density at radius 3 is 2.71 bits per heavy atom. The minimum Gasteiger partial charge on any atom is -0.481 e. The van der Waals surface area contributed by atoms with Crippen LogP contribution in [0.25, 0.3) is 0 Å². The van der Waals surface area contributed by atoms with Gasteiger partial charge in [0.25, 0.3) is 5.69 Å². The zero-order valence-corrected chi connectivity index (χ0v) is 11.8. The molecular weight excluding hydrogens is 300 g/mol. The normalized spacial score (nSPS) is 19.5. The summed E-state index contributed by atoms with van der Waals surface area (Å²) in [6.45, 7) is 0.243. The van der Waals surface area contributed by atoms with Gasteiger partial charge in [-0.25, -0.2) is 8.42 Å². The van der Waals surface area contributed by atoms with E-state index in [-0.39, 0.29) is 30.3 Å². The molecule has 1 atom stereocenters. The highest BCUT2D eigenvalue weighted by Crippen LogP contribution is 2.30. The smallest absolute Gasteiger partial charge is 0.303 e. The Morgan fingerprint density at radius 1 is 1.43 bits per heavy atom. The molecule has 1 unspecified atom stereocenters. The molecule has 1 fully saturated rings. The average Bonchev–Trinajstić information content (AvgIpc) is 2.87. The lowest BCUT2D eigenvalue weighted by Crippen LogP contribution is -2.29. The first kappa shape index (κ1) is 15.4. The van der Waals surface area contributed by atoms with Crippen LogP contribution in [-0.2, 0) is 14.8 Å². The van der Waals surface area contributed by atoms with Crippen molar-refractivity contribution in [2.75, 3.05) is 13.1 Å². The number of aliphatic carboxylic acids is 1. The van der Waals surface area contributed by atoms with Crippen LogP contribution in [-0.4, -0.2) is 41.8 Å². The Hall–Kier alpha value is -2.00. The molecule has 1 N–H and O–H groups in total. The van der Waals surface area contributed by atoms with Crippen LogP contribution in [0.1, 0.15) is 12.8 Å². The maximum atomic E-state index is 12.5. The molecule has 21 heavy (non-hydrogen) atoms. The summed E-state index contributed by atoms with van der Waals surface area (Å²) in [5.74, 6) is -1.25. The van der Waals surface area contributed by atoms with Gasteiger partial charge in [0.15, 0.2) is 4.90 Å². The highest BCUT2D eigenvalue weighted by Gasteiger charge is 2.36. The lowest BCUT2D eigenvalue weighted by Gasteiger charge is -2.16. The van der Waals surface area contributed by atoms with Crippen LogP contribution < -0.4 is 0 Å². The molecular formula is C12H14N2O6S. The summed E-state index contributed by atoms with van der Waals surface area (Å²) in [5, 5.41) is 19.7. The van der Waals surface area contributed by atoms with Crippen LogP contribution in [0, 0.1) is 16.0 Å². The van der Waals surface area contributed by atoms with Gasteiger partial charge in [-0.3, -0.25) is 14.9 Å². The third-order valence-corrected chi connectivity index (χ3v) is 5.30. The van der Waals surface area contributed by atoms with Crippen molar-refractivity contribution in [3.05, 3.63) is 34.4 Å². The standard InChI is InChI=1S/C12H14N2O6S/c15-12(16)7-9-5-6-13(8-9)21(19,20)11-4-2-1-3-10(11)14(17)18/h1-4,9H,5-8H2,(H,15,16). The number of sulfonamides is 1. The first-order valence-corrected chi connectivity index (χ1v) is 7.71.